The molecule has 1 aromatic carbocycles. The van der Waals surface area contributed by atoms with Gasteiger partial charge < -0.3 is 9.84 Å². The number of nitrogens with zero attached hydrogens (tertiary/aromatic N) is 1. The van der Waals surface area contributed by atoms with Gasteiger partial charge >= 0.3 is 0 Å². The summed E-state index contributed by atoms with van der Waals surface area (Å²) in [7, 11) is 0. The standard InChI is InChI=1S/C13H13BrN2O2/c1-3-11-12(8(2)16-18-11)13(17)15-10-6-4-9(14)5-7-10/h4-7H,3H2,1-2H3,(H,15,17). The number of halogens is 1. The Morgan fingerprint density at radius 2 is 2.06 bits per heavy atom. The fraction of sp³-hybridized carbons (Fsp3) is 0.231. The number of nitrogens with one attached hydrogen (secondary N) is 1. The van der Waals surface area contributed by atoms with Gasteiger partial charge in [-0.15, -0.1) is 0 Å². The second-order valence-electron chi connectivity index (χ2n) is 3.88. The van der Waals surface area contributed by atoms with Crippen molar-refractivity contribution in [2.45, 2.75) is 20.3 Å². The van der Waals surface area contributed by atoms with Gasteiger partial charge in [0.1, 0.15) is 11.3 Å². The van der Waals surface area contributed by atoms with Crippen molar-refractivity contribution in [1.29, 1.82) is 0 Å². The van der Waals surface area contributed by atoms with E-state index in [0.717, 1.165) is 10.2 Å². The van der Waals surface area contributed by atoms with Crippen LogP contribution in [0.4, 0.5) is 5.69 Å². The van der Waals surface area contributed by atoms with Gasteiger partial charge in [-0.3, -0.25) is 4.79 Å². The molecule has 0 unspecified atom stereocenters. The molecule has 0 saturated carbocycles. The molecule has 0 aliphatic rings. The van der Waals surface area contributed by atoms with Crippen molar-refractivity contribution in [3.8, 4) is 0 Å². The van der Waals surface area contributed by atoms with Crippen LogP contribution in [-0.2, 0) is 6.42 Å². The zero-order valence-electron chi connectivity index (χ0n) is 10.2. The number of rotatable bonds is 3. The lowest BCUT2D eigenvalue weighted by Crippen LogP contribution is -2.14. The summed E-state index contributed by atoms with van der Waals surface area (Å²) in [5.41, 5.74) is 1.88. The quantitative estimate of drug-likeness (QED) is 0.943. The Kier molecular flexibility index (Phi) is 3.81. The van der Waals surface area contributed by atoms with Crippen LogP contribution in [-0.4, -0.2) is 11.1 Å². The van der Waals surface area contributed by atoms with Gasteiger partial charge in [0.2, 0.25) is 0 Å². The predicted molar refractivity (Wildman–Crippen MR) is 72.7 cm³/mol. The number of aromatic nitrogens is 1. The molecule has 0 radical (unpaired) electrons. The summed E-state index contributed by atoms with van der Waals surface area (Å²) in [6.07, 6.45) is 0.643. The molecule has 5 heteroatoms. The summed E-state index contributed by atoms with van der Waals surface area (Å²) in [6, 6.07) is 7.40. The van der Waals surface area contributed by atoms with Gasteiger partial charge in [-0.25, -0.2) is 0 Å². The van der Waals surface area contributed by atoms with E-state index in [1.165, 1.54) is 0 Å². The molecule has 1 N–H and O–H groups in total. The number of carbonyl (C=O) groups excluding carboxylic acids is 1. The molecule has 0 aliphatic carbocycles. The Balaban J connectivity index is 2.21. The van der Waals surface area contributed by atoms with E-state index in [2.05, 4.69) is 26.4 Å². The first kappa shape index (κ1) is 12.8. The van der Waals surface area contributed by atoms with Crippen molar-refractivity contribution in [3.63, 3.8) is 0 Å². The maximum atomic E-state index is 12.1. The molecule has 0 bridgehead atoms. The van der Waals surface area contributed by atoms with E-state index >= 15 is 0 Å². The van der Waals surface area contributed by atoms with Gasteiger partial charge in [0.05, 0.1) is 5.69 Å². The molecule has 0 fully saturated rings. The number of benzene rings is 1. The monoisotopic (exact) mass is 308 g/mol. The van der Waals surface area contributed by atoms with E-state index in [-0.39, 0.29) is 5.91 Å². The molecule has 1 aromatic heterocycles. The molecule has 0 saturated heterocycles. The molecular formula is C13H13BrN2O2. The van der Waals surface area contributed by atoms with Crippen molar-refractivity contribution in [3.05, 3.63) is 45.8 Å². The minimum Gasteiger partial charge on any atom is -0.360 e. The van der Waals surface area contributed by atoms with Crippen LogP contribution in [0.2, 0.25) is 0 Å². The van der Waals surface area contributed by atoms with Crippen molar-refractivity contribution in [1.82, 2.24) is 5.16 Å². The fourth-order valence-electron chi connectivity index (χ4n) is 1.68. The average molecular weight is 309 g/mol. The van der Waals surface area contributed by atoms with Crippen LogP contribution in [0, 0.1) is 6.92 Å². The molecule has 0 spiro atoms. The minimum atomic E-state index is -0.187. The zero-order valence-corrected chi connectivity index (χ0v) is 11.7. The second-order valence-corrected chi connectivity index (χ2v) is 4.80. The number of amides is 1. The minimum absolute atomic E-state index is 0.187. The van der Waals surface area contributed by atoms with Gasteiger partial charge in [-0.2, -0.15) is 0 Å². The maximum absolute atomic E-state index is 12.1. The number of anilines is 1. The molecule has 18 heavy (non-hydrogen) atoms. The van der Waals surface area contributed by atoms with E-state index < -0.39 is 0 Å². The van der Waals surface area contributed by atoms with Crippen LogP contribution < -0.4 is 5.32 Å². The third kappa shape index (κ3) is 2.61. The molecule has 0 aliphatic heterocycles. The van der Waals surface area contributed by atoms with Crippen molar-refractivity contribution in [2.75, 3.05) is 5.32 Å². The Hall–Kier alpha value is -1.62. The molecule has 1 amide bonds. The number of aryl methyl sites for hydroxylation is 2. The second kappa shape index (κ2) is 5.35. The van der Waals surface area contributed by atoms with Gasteiger partial charge in [0, 0.05) is 16.6 Å². The summed E-state index contributed by atoms with van der Waals surface area (Å²) in [4.78, 5) is 12.1. The molecule has 0 atom stereocenters. The van der Waals surface area contributed by atoms with E-state index in [1.807, 2.05) is 31.2 Å². The normalized spacial score (nSPS) is 10.4. The van der Waals surface area contributed by atoms with Crippen molar-refractivity contribution < 1.29 is 9.32 Å². The summed E-state index contributed by atoms with van der Waals surface area (Å²) in [6.45, 7) is 3.69. The Bertz CT molecular complexity index is 561. The maximum Gasteiger partial charge on any atom is 0.261 e. The topological polar surface area (TPSA) is 55.1 Å². The molecule has 4 nitrogen and oxygen atoms in total. The summed E-state index contributed by atoms with van der Waals surface area (Å²) < 4.78 is 6.07. The largest absolute Gasteiger partial charge is 0.360 e. The fourth-order valence-corrected chi connectivity index (χ4v) is 1.94. The van der Waals surface area contributed by atoms with E-state index in [9.17, 15) is 4.79 Å². The lowest BCUT2D eigenvalue weighted by atomic mass is 10.1. The van der Waals surface area contributed by atoms with E-state index in [4.69, 9.17) is 4.52 Å². The summed E-state index contributed by atoms with van der Waals surface area (Å²) in [5, 5.41) is 6.65. The van der Waals surface area contributed by atoms with Crippen molar-refractivity contribution in [2.24, 2.45) is 0 Å². The summed E-state index contributed by atoms with van der Waals surface area (Å²) >= 11 is 3.35. The van der Waals surface area contributed by atoms with Crippen LogP contribution in [0.1, 0.15) is 28.7 Å². The van der Waals surface area contributed by atoms with Crippen LogP contribution >= 0.6 is 15.9 Å². The Morgan fingerprint density at radius 3 is 2.67 bits per heavy atom. The molecule has 1 heterocycles. The van der Waals surface area contributed by atoms with Gasteiger partial charge in [-0.1, -0.05) is 28.0 Å². The molecule has 2 rings (SSSR count). The highest BCUT2D eigenvalue weighted by molar-refractivity contribution is 9.10. The third-order valence-electron chi connectivity index (χ3n) is 2.58. The number of hydrogen-bond donors (Lipinski definition) is 1. The highest BCUT2D eigenvalue weighted by Crippen LogP contribution is 2.18. The highest BCUT2D eigenvalue weighted by Gasteiger charge is 2.19. The number of carbonyl (C=O) groups is 1. The number of hydrogen-bond acceptors (Lipinski definition) is 3. The zero-order chi connectivity index (χ0) is 13.1. The van der Waals surface area contributed by atoms with Crippen molar-refractivity contribution >= 4 is 27.5 Å². The SMILES string of the molecule is CCc1onc(C)c1C(=O)Nc1ccc(Br)cc1. The average Bonchev–Trinajstić information content (AvgIpc) is 2.73. The highest BCUT2D eigenvalue weighted by atomic mass is 79.9. The first-order chi connectivity index (χ1) is 8.61. The first-order valence-electron chi connectivity index (χ1n) is 5.64. The Morgan fingerprint density at radius 1 is 1.39 bits per heavy atom. The van der Waals surface area contributed by atoms with Crippen LogP contribution in [0.5, 0.6) is 0 Å². The molecular weight excluding hydrogens is 296 g/mol. The van der Waals surface area contributed by atoms with Gasteiger partial charge in [0.25, 0.3) is 5.91 Å². The van der Waals surface area contributed by atoms with E-state index in [0.29, 0.717) is 23.4 Å². The first-order valence-corrected chi connectivity index (χ1v) is 6.43. The van der Waals surface area contributed by atoms with Gasteiger partial charge in [-0.05, 0) is 31.2 Å². The molecule has 94 valence electrons. The van der Waals surface area contributed by atoms with Crippen LogP contribution in [0.25, 0.3) is 0 Å². The van der Waals surface area contributed by atoms with Gasteiger partial charge in [0.15, 0.2) is 0 Å². The smallest absolute Gasteiger partial charge is 0.261 e. The van der Waals surface area contributed by atoms with Crippen LogP contribution in [0.15, 0.2) is 33.3 Å². The molecule has 2 aromatic rings. The predicted octanol–water partition coefficient (Wildman–Crippen LogP) is 3.56. The third-order valence-corrected chi connectivity index (χ3v) is 3.11. The summed E-state index contributed by atoms with van der Waals surface area (Å²) in [5.74, 6) is 0.426. The van der Waals surface area contributed by atoms with E-state index in [1.54, 1.807) is 6.92 Å². The lowest BCUT2D eigenvalue weighted by Gasteiger charge is -2.05. The van der Waals surface area contributed by atoms with Crippen LogP contribution in [0.3, 0.4) is 0 Å². The lowest BCUT2D eigenvalue weighted by molar-refractivity contribution is 0.102. The Labute approximate surface area is 113 Å².